The van der Waals surface area contributed by atoms with Gasteiger partial charge >= 0.3 is 0 Å². The highest BCUT2D eigenvalue weighted by atomic mass is 35.5. The summed E-state index contributed by atoms with van der Waals surface area (Å²) in [5, 5.41) is 0.249. The second kappa shape index (κ2) is 8.40. The van der Waals surface area contributed by atoms with E-state index in [1.807, 2.05) is 13.0 Å². The summed E-state index contributed by atoms with van der Waals surface area (Å²) in [6.45, 7) is 8.35. The largest absolute Gasteiger partial charge is 0.318 e. The van der Waals surface area contributed by atoms with Gasteiger partial charge in [0, 0.05) is 22.1 Å². The molecule has 0 unspecified atom stereocenters. The normalized spacial score (nSPS) is 15.4. The summed E-state index contributed by atoms with van der Waals surface area (Å²) in [7, 11) is 0. The number of amides is 2. The van der Waals surface area contributed by atoms with Crippen LogP contribution in [0.15, 0.2) is 53.4 Å². The summed E-state index contributed by atoms with van der Waals surface area (Å²) in [4.78, 5) is 27.1. The summed E-state index contributed by atoms with van der Waals surface area (Å²) in [6, 6.07) is 15.3. The van der Waals surface area contributed by atoms with Crippen molar-refractivity contribution in [1.29, 1.82) is 0 Å². The van der Waals surface area contributed by atoms with Crippen molar-refractivity contribution >= 4 is 46.3 Å². The number of thioether (sulfide) groups is 1. The Labute approximate surface area is 191 Å². The van der Waals surface area contributed by atoms with E-state index in [1.165, 1.54) is 16.0 Å². The molecule has 0 atom stereocenters. The lowest BCUT2D eigenvalue weighted by molar-refractivity contribution is -0.113. The lowest BCUT2D eigenvalue weighted by Crippen LogP contribution is -2.27. The predicted molar refractivity (Wildman–Crippen MR) is 129 cm³/mol. The molecule has 0 saturated carbocycles. The van der Waals surface area contributed by atoms with Crippen molar-refractivity contribution in [3.63, 3.8) is 0 Å². The highest BCUT2D eigenvalue weighted by Crippen LogP contribution is 2.37. The molecule has 31 heavy (non-hydrogen) atoms. The van der Waals surface area contributed by atoms with E-state index in [4.69, 9.17) is 11.6 Å². The van der Waals surface area contributed by atoms with Crippen LogP contribution in [-0.4, -0.2) is 15.7 Å². The third-order valence-corrected chi connectivity index (χ3v) is 6.67. The summed E-state index contributed by atoms with van der Waals surface area (Å²) in [6.07, 6.45) is 2.81. The van der Waals surface area contributed by atoms with Gasteiger partial charge in [-0.05, 0) is 98.1 Å². The number of hydrogen-bond donors (Lipinski definition) is 0. The summed E-state index contributed by atoms with van der Waals surface area (Å²) < 4.78 is 2.20. The zero-order valence-corrected chi connectivity index (χ0v) is 19.5. The second-order valence-corrected chi connectivity index (χ2v) is 9.06. The average Bonchev–Trinajstić information content (AvgIpc) is 3.17. The van der Waals surface area contributed by atoms with Gasteiger partial charge in [0.05, 0.1) is 10.6 Å². The maximum atomic E-state index is 13.0. The lowest BCUT2D eigenvalue weighted by Gasteiger charge is -2.14. The van der Waals surface area contributed by atoms with E-state index in [-0.39, 0.29) is 11.1 Å². The molecule has 2 heterocycles. The van der Waals surface area contributed by atoms with Crippen LogP contribution in [0.4, 0.5) is 10.5 Å². The summed E-state index contributed by atoms with van der Waals surface area (Å²) in [5.41, 5.74) is 7.19. The molecule has 0 N–H and O–H groups in total. The van der Waals surface area contributed by atoms with Crippen molar-refractivity contribution in [2.24, 2.45) is 0 Å². The standard InChI is InChI=1S/C25H23ClN2O2S/c1-5-18-6-11-22(15(2)12-18)27-16(3)13-19(17(27)4)14-23-24(29)28(25(30)31-23)21-9-7-20(26)8-10-21/h6-14H,5H2,1-4H3/b23-14+. The predicted octanol–water partition coefficient (Wildman–Crippen LogP) is 6.86. The Morgan fingerprint density at radius 2 is 1.71 bits per heavy atom. The minimum absolute atomic E-state index is 0.307. The van der Waals surface area contributed by atoms with Gasteiger partial charge in [-0.1, -0.05) is 30.7 Å². The first-order valence-electron chi connectivity index (χ1n) is 10.1. The molecule has 3 aromatic rings. The number of carbonyl (C=O) groups excluding carboxylic acids is 2. The molecule has 0 aliphatic carbocycles. The Balaban J connectivity index is 1.70. The number of rotatable bonds is 4. The molecule has 1 fully saturated rings. The van der Waals surface area contributed by atoms with Crippen molar-refractivity contribution in [3.8, 4) is 5.69 Å². The van der Waals surface area contributed by atoms with Gasteiger partial charge < -0.3 is 4.57 Å². The highest BCUT2D eigenvalue weighted by molar-refractivity contribution is 8.19. The van der Waals surface area contributed by atoms with Crippen molar-refractivity contribution in [3.05, 3.63) is 86.5 Å². The quantitative estimate of drug-likeness (QED) is 0.408. The zero-order valence-electron chi connectivity index (χ0n) is 17.9. The number of aryl methyl sites for hydroxylation is 3. The fourth-order valence-electron chi connectivity index (χ4n) is 3.91. The number of carbonyl (C=O) groups is 2. The Bertz CT molecular complexity index is 1230. The Morgan fingerprint density at radius 3 is 2.35 bits per heavy atom. The third-order valence-electron chi connectivity index (χ3n) is 5.55. The van der Waals surface area contributed by atoms with Gasteiger partial charge in [-0.3, -0.25) is 9.59 Å². The molecule has 4 nitrogen and oxygen atoms in total. The maximum absolute atomic E-state index is 13.0. The fraction of sp³-hybridized carbons (Fsp3) is 0.200. The van der Waals surface area contributed by atoms with Crippen LogP contribution in [0.5, 0.6) is 0 Å². The topological polar surface area (TPSA) is 42.3 Å². The highest BCUT2D eigenvalue weighted by Gasteiger charge is 2.36. The van der Waals surface area contributed by atoms with Crippen LogP contribution in [0, 0.1) is 20.8 Å². The number of aromatic nitrogens is 1. The molecule has 6 heteroatoms. The molecule has 158 valence electrons. The van der Waals surface area contributed by atoms with Gasteiger partial charge in [0.15, 0.2) is 0 Å². The molecule has 2 aromatic carbocycles. The van der Waals surface area contributed by atoms with Crippen molar-refractivity contribution in [2.75, 3.05) is 4.90 Å². The van der Waals surface area contributed by atoms with Crippen molar-refractivity contribution < 1.29 is 9.59 Å². The molecule has 1 aliphatic rings. The molecule has 1 aromatic heterocycles. The molecule has 4 rings (SSSR count). The van der Waals surface area contributed by atoms with E-state index in [9.17, 15) is 9.59 Å². The molecular formula is C25H23ClN2O2S. The van der Waals surface area contributed by atoms with Crippen molar-refractivity contribution in [1.82, 2.24) is 4.57 Å². The van der Waals surface area contributed by atoms with Gasteiger partial charge in [0.1, 0.15) is 0 Å². The first-order valence-corrected chi connectivity index (χ1v) is 11.3. The van der Waals surface area contributed by atoms with Gasteiger partial charge in [-0.15, -0.1) is 0 Å². The maximum Gasteiger partial charge on any atom is 0.298 e. The van der Waals surface area contributed by atoms with Gasteiger partial charge in [-0.2, -0.15) is 0 Å². The SMILES string of the molecule is CCc1ccc(-n2c(C)cc(/C=C3/SC(=O)N(c4ccc(Cl)cc4)C3=O)c2C)c(C)c1. The van der Waals surface area contributed by atoms with Crippen molar-refractivity contribution in [2.45, 2.75) is 34.1 Å². The number of anilines is 1. The van der Waals surface area contributed by atoms with E-state index in [2.05, 4.69) is 49.6 Å². The van der Waals surface area contributed by atoms with Crippen LogP contribution in [0.25, 0.3) is 11.8 Å². The molecule has 1 saturated heterocycles. The first kappa shape index (κ1) is 21.5. The number of hydrogen-bond acceptors (Lipinski definition) is 3. The lowest BCUT2D eigenvalue weighted by atomic mass is 10.1. The second-order valence-electron chi connectivity index (χ2n) is 7.63. The molecule has 0 spiro atoms. The summed E-state index contributed by atoms with van der Waals surface area (Å²) >= 11 is 6.89. The van der Waals surface area contributed by atoms with Crippen LogP contribution >= 0.6 is 23.4 Å². The van der Waals surface area contributed by atoms with E-state index >= 15 is 0 Å². The number of nitrogens with zero attached hydrogens (tertiary/aromatic N) is 2. The van der Waals surface area contributed by atoms with E-state index in [1.54, 1.807) is 24.3 Å². The molecular weight excluding hydrogens is 428 g/mol. The monoisotopic (exact) mass is 450 g/mol. The van der Waals surface area contributed by atoms with Crippen LogP contribution in [-0.2, 0) is 11.2 Å². The van der Waals surface area contributed by atoms with E-state index < -0.39 is 0 Å². The van der Waals surface area contributed by atoms with E-state index in [0.29, 0.717) is 15.6 Å². The molecule has 0 radical (unpaired) electrons. The van der Waals surface area contributed by atoms with Crippen LogP contribution in [0.2, 0.25) is 5.02 Å². The Morgan fingerprint density at radius 1 is 1.00 bits per heavy atom. The van der Waals surface area contributed by atoms with Gasteiger partial charge in [0.25, 0.3) is 11.1 Å². The van der Waals surface area contributed by atoms with Gasteiger partial charge in [-0.25, -0.2) is 4.90 Å². The van der Waals surface area contributed by atoms with Gasteiger partial charge in [0.2, 0.25) is 0 Å². The van der Waals surface area contributed by atoms with Crippen LogP contribution in [0.3, 0.4) is 0 Å². The number of benzene rings is 2. The summed E-state index contributed by atoms with van der Waals surface area (Å²) in [5.74, 6) is -0.314. The smallest absolute Gasteiger partial charge is 0.298 e. The molecule has 0 bridgehead atoms. The minimum Gasteiger partial charge on any atom is -0.318 e. The minimum atomic E-state index is -0.314. The fourth-order valence-corrected chi connectivity index (χ4v) is 4.87. The van der Waals surface area contributed by atoms with E-state index in [0.717, 1.165) is 40.8 Å². The Kier molecular flexibility index (Phi) is 5.82. The third kappa shape index (κ3) is 3.95. The zero-order chi connectivity index (χ0) is 22.3. The Hall–Kier alpha value is -2.76. The van der Waals surface area contributed by atoms with Crippen LogP contribution < -0.4 is 4.90 Å². The average molecular weight is 451 g/mol. The molecule has 1 aliphatic heterocycles. The first-order chi connectivity index (χ1) is 14.8. The molecule has 2 amide bonds. The van der Waals surface area contributed by atoms with Crippen LogP contribution in [0.1, 0.15) is 35.0 Å². The number of imide groups is 1. The number of halogens is 1.